The second-order valence-corrected chi connectivity index (χ2v) is 5.90. The molecular weight excluding hydrogens is 248 g/mol. The van der Waals surface area contributed by atoms with Crippen molar-refractivity contribution in [3.63, 3.8) is 0 Å². The zero-order chi connectivity index (χ0) is 13.8. The number of aliphatic hydroxyl groups excluding tert-OH is 1. The minimum Gasteiger partial charge on any atom is -0.463 e. The van der Waals surface area contributed by atoms with Gasteiger partial charge >= 0.3 is 5.97 Å². The molecular formula is C14H20O5. The van der Waals surface area contributed by atoms with Gasteiger partial charge in [0.25, 0.3) is 0 Å². The summed E-state index contributed by atoms with van der Waals surface area (Å²) in [6.07, 6.45) is 1.54. The van der Waals surface area contributed by atoms with Gasteiger partial charge < -0.3 is 19.3 Å². The summed E-state index contributed by atoms with van der Waals surface area (Å²) in [4.78, 5) is 12.0. The molecule has 0 aromatic rings. The monoisotopic (exact) mass is 268 g/mol. The Balaban J connectivity index is 1.85. The van der Waals surface area contributed by atoms with Gasteiger partial charge in [-0.2, -0.15) is 0 Å². The Morgan fingerprint density at radius 2 is 2.26 bits per heavy atom. The summed E-state index contributed by atoms with van der Waals surface area (Å²) in [6.45, 7) is 5.86. The second-order valence-electron chi connectivity index (χ2n) is 5.90. The molecule has 0 bridgehead atoms. The number of fused-ring (bicyclic) bond motifs is 3. The van der Waals surface area contributed by atoms with Crippen LogP contribution in [0.2, 0.25) is 0 Å². The summed E-state index contributed by atoms with van der Waals surface area (Å²) in [5.41, 5.74) is 0.549. The molecule has 19 heavy (non-hydrogen) atoms. The lowest BCUT2D eigenvalue weighted by Gasteiger charge is -2.24. The summed E-state index contributed by atoms with van der Waals surface area (Å²) in [5.74, 6) is -1.07. The molecule has 5 atom stereocenters. The molecule has 1 N–H and O–H groups in total. The van der Waals surface area contributed by atoms with E-state index in [0.29, 0.717) is 12.2 Å². The Kier molecular flexibility index (Phi) is 2.96. The molecule has 0 aromatic carbocycles. The molecule has 1 saturated heterocycles. The zero-order valence-electron chi connectivity index (χ0n) is 11.5. The number of esters is 1. The van der Waals surface area contributed by atoms with E-state index < -0.39 is 11.9 Å². The van der Waals surface area contributed by atoms with E-state index in [1.807, 2.05) is 13.8 Å². The van der Waals surface area contributed by atoms with Gasteiger partial charge in [0.05, 0.1) is 24.9 Å². The van der Waals surface area contributed by atoms with Crippen molar-refractivity contribution in [3.05, 3.63) is 11.6 Å². The second kappa shape index (κ2) is 4.30. The average molecular weight is 268 g/mol. The van der Waals surface area contributed by atoms with Gasteiger partial charge in [0.2, 0.25) is 0 Å². The molecule has 0 radical (unpaired) electrons. The Morgan fingerprint density at radius 1 is 1.53 bits per heavy atom. The summed E-state index contributed by atoms with van der Waals surface area (Å²) in [7, 11) is 0. The minimum atomic E-state index is -0.617. The van der Waals surface area contributed by atoms with Crippen LogP contribution in [0, 0.1) is 11.8 Å². The van der Waals surface area contributed by atoms with Gasteiger partial charge in [0, 0.05) is 17.4 Å². The third kappa shape index (κ3) is 2.00. The molecule has 106 valence electrons. The summed E-state index contributed by atoms with van der Waals surface area (Å²) >= 11 is 0. The fourth-order valence-corrected chi connectivity index (χ4v) is 3.60. The first-order valence-corrected chi connectivity index (χ1v) is 6.85. The van der Waals surface area contributed by atoms with E-state index in [0.717, 1.165) is 6.42 Å². The number of hydrogen-bond acceptors (Lipinski definition) is 5. The van der Waals surface area contributed by atoms with E-state index in [1.54, 1.807) is 13.0 Å². The van der Waals surface area contributed by atoms with Gasteiger partial charge in [-0.3, -0.25) is 0 Å². The molecule has 1 heterocycles. The van der Waals surface area contributed by atoms with Crippen molar-refractivity contribution in [1.29, 1.82) is 0 Å². The number of carbonyl (C=O) groups excluding carboxylic acids is 1. The quantitative estimate of drug-likeness (QED) is 0.757. The molecule has 5 nitrogen and oxygen atoms in total. The van der Waals surface area contributed by atoms with Crippen molar-refractivity contribution in [2.45, 2.75) is 51.3 Å². The van der Waals surface area contributed by atoms with Crippen LogP contribution >= 0.6 is 0 Å². The van der Waals surface area contributed by atoms with Crippen molar-refractivity contribution >= 4 is 5.97 Å². The van der Waals surface area contributed by atoms with Crippen LogP contribution in [0.25, 0.3) is 0 Å². The van der Waals surface area contributed by atoms with Crippen molar-refractivity contribution < 1.29 is 24.1 Å². The van der Waals surface area contributed by atoms with E-state index in [1.165, 1.54) is 0 Å². The van der Waals surface area contributed by atoms with Gasteiger partial charge in [0.15, 0.2) is 5.79 Å². The summed E-state index contributed by atoms with van der Waals surface area (Å²) < 4.78 is 16.8. The van der Waals surface area contributed by atoms with E-state index >= 15 is 0 Å². The lowest BCUT2D eigenvalue weighted by atomic mass is 9.92. The highest BCUT2D eigenvalue weighted by Crippen LogP contribution is 2.51. The van der Waals surface area contributed by atoms with Crippen molar-refractivity contribution in [3.8, 4) is 0 Å². The van der Waals surface area contributed by atoms with E-state index in [9.17, 15) is 9.90 Å². The smallest absolute Gasteiger partial charge is 0.334 e. The normalized spacial score (nSPS) is 42.7. The molecule has 0 unspecified atom stereocenters. The predicted octanol–water partition coefficient (Wildman–Crippen LogP) is 1.01. The maximum absolute atomic E-state index is 12.0. The Bertz CT molecular complexity index is 428. The molecule has 3 rings (SSSR count). The maximum atomic E-state index is 12.0. The van der Waals surface area contributed by atoms with Crippen LogP contribution < -0.4 is 0 Å². The molecule has 1 saturated carbocycles. The van der Waals surface area contributed by atoms with Gasteiger partial charge in [-0.25, -0.2) is 4.79 Å². The lowest BCUT2D eigenvalue weighted by molar-refractivity contribution is -0.161. The van der Waals surface area contributed by atoms with Gasteiger partial charge in [0.1, 0.15) is 0 Å². The Labute approximate surface area is 112 Å². The topological polar surface area (TPSA) is 65.0 Å². The first kappa shape index (κ1) is 13.1. The molecule has 0 aromatic heterocycles. The third-order valence-corrected chi connectivity index (χ3v) is 4.20. The molecule has 0 spiro atoms. The van der Waals surface area contributed by atoms with Crippen LogP contribution in [-0.2, 0) is 19.0 Å². The maximum Gasteiger partial charge on any atom is 0.334 e. The molecule has 3 aliphatic rings. The van der Waals surface area contributed by atoms with Crippen LogP contribution in [0.3, 0.4) is 0 Å². The number of ether oxygens (including phenoxy) is 3. The van der Waals surface area contributed by atoms with E-state index in [2.05, 4.69) is 0 Å². The van der Waals surface area contributed by atoms with Crippen LogP contribution in [0.4, 0.5) is 0 Å². The van der Waals surface area contributed by atoms with Gasteiger partial charge in [-0.1, -0.05) is 0 Å². The van der Waals surface area contributed by atoms with Crippen LogP contribution in [0.1, 0.15) is 27.2 Å². The Morgan fingerprint density at radius 3 is 2.95 bits per heavy atom. The molecule has 2 aliphatic carbocycles. The van der Waals surface area contributed by atoms with E-state index in [4.69, 9.17) is 14.2 Å². The Hall–Kier alpha value is -0.910. The first-order valence-electron chi connectivity index (χ1n) is 6.85. The number of aliphatic hydroxyl groups is 1. The number of hydrogen-bond donors (Lipinski definition) is 1. The fraction of sp³-hybridized carbons (Fsp3) is 0.786. The molecule has 2 fully saturated rings. The van der Waals surface area contributed by atoms with Crippen molar-refractivity contribution in [1.82, 2.24) is 0 Å². The average Bonchev–Trinajstić information content (AvgIpc) is 2.88. The van der Waals surface area contributed by atoms with Crippen LogP contribution in [0.15, 0.2) is 11.6 Å². The lowest BCUT2D eigenvalue weighted by Crippen LogP contribution is -2.30. The van der Waals surface area contributed by atoms with Crippen molar-refractivity contribution in [2.24, 2.45) is 11.8 Å². The van der Waals surface area contributed by atoms with Crippen molar-refractivity contribution in [2.75, 3.05) is 6.61 Å². The number of rotatable bonds is 2. The fourth-order valence-electron chi connectivity index (χ4n) is 3.60. The van der Waals surface area contributed by atoms with Crippen LogP contribution in [0.5, 0.6) is 0 Å². The first-order chi connectivity index (χ1) is 8.93. The minimum absolute atomic E-state index is 0.00510. The highest BCUT2D eigenvalue weighted by Gasteiger charge is 2.58. The standard InChI is InChI=1S/C14H20O5/c1-4-17-13(16)8-5-9(15)7-6-10-12(11(7)8)19-14(2,3)18-10/h5,7,9-12,15H,4,6H2,1-3H3/t7-,9+,10+,11-,12+/m0/s1. The molecule has 0 amide bonds. The highest BCUT2D eigenvalue weighted by molar-refractivity contribution is 5.90. The van der Waals surface area contributed by atoms with Gasteiger partial charge in [-0.15, -0.1) is 0 Å². The largest absolute Gasteiger partial charge is 0.463 e. The van der Waals surface area contributed by atoms with Crippen LogP contribution in [-0.4, -0.2) is 41.8 Å². The number of carbonyl (C=O) groups is 1. The van der Waals surface area contributed by atoms with Gasteiger partial charge in [-0.05, 0) is 33.3 Å². The summed E-state index contributed by atoms with van der Waals surface area (Å²) in [6, 6.07) is 0. The summed E-state index contributed by atoms with van der Waals surface area (Å²) in [5, 5.41) is 10.1. The molecule has 5 heteroatoms. The van der Waals surface area contributed by atoms with E-state index in [-0.39, 0.29) is 30.0 Å². The third-order valence-electron chi connectivity index (χ3n) is 4.20. The SMILES string of the molecule is CCOC(=O)C1=C[C@@H](O)[C@@H]2C[C@H]3OC(C)(C)O[C@H]3[C@H]12. The molecule has 1 aliphatic heterocycles. The zero-order valence-corrected chi connectivity index (χ0v) is 11.5. The predicted molar refractivity (Wildman–Crippen MR) is 66.1 cm³/mol. The highest BCUT2D eigenvalue weighted by atomic mass is 16.8.